The number of fused-ring (bicyclic) bond motifs is 1. The Kier molecular flexibility index (Phi) is 3.27. The molecule has 0 atom stereocenters. The number of hydrogen-bond acceptors (Lipinski definition) is 4. The minimum atomic E-state index is 0.272. The van der Waals surface area contributed by atoms with Gasteiger partial charge in [0, 0.05) is 10.3 Å². The van der Waals surface area contributed by atoms with Gasteiger partial charge < -0.3 is 5.11 Å². The predicted octanol–water partition coefficient (Wildman–Crippen LogP) is 4.14. The first-order chi connectivity index (χ1) is 9.25. The summed E-state index contributed by atoms with van der Waals surface area (Å²) in [5.74, 6) is 0.272. The first-order valence-electron chi connectivity index (χ1n) is 5.60. The van der Waals surface area contributed by atoms with Crippen molar-refractivity contribution in [3.05, 3.63) is 53.9 Å². The van der Waals surface area contributed by atoms with E-state index in [-0.39, 0.29) is 5.75 Å². The summed E-state index contributed by atoms with van der Waals surface area (Å²) in [5, 5.41) is 12.9. The van der Waals surface area contributed by atoms with Crippen LogP contribution in [0.1, 0.15) is 0 Å². The first kappa shape index (κ1) is 12.3. The molecule has 0 aliphatic heterocycles. The summed E-state index contributed by atoms with van der Waals surface area (Å²) in [6.07, 6.45) is 3.04. The third-order valence-corrected chi connectivity index (χ3v) is 4.18. The lowest BCUT2D eigenvalue weighted by molar-refractivity contribution is 0.481. The number of phenols is 1. The molecule has 0 aliphatic rings. The van der Waals surface area contributed by atoms with Crippen LogP contribution in [0.15, 0.2) is 58.8 Å². The van der Waals surface area contributed by atoms with Gasteiger partial charge in [-0.1, -0.05) is 47.6 Å². The van der Waals surface area contributed by atoms with E-state index in [1.807, 2.05) is 30.3 Å². The number of benzene rings is 2. The van der Waals surface area contributed by atoms with E-state index in [0.717, 1.165) is 15.7 Å². The minimum absolute atomic E-state index is 0.272. The SMILES string of the molecule is Oc1ccc(Sc2ncncc2Cl)c2ccccc12. The quantitative estimate of drug-likeness (QED) is 0.720. The fourth-order valence-corrected chi connectivity index (χ4v) is 2.93. The molecule has 0 bridgehead atoms. The maximum atomic E-state index is 9.86. The molecule has 1 heterocycles. The molecule has 19 heavy (non-hydrogen) atoms. The smallest absolute Gasteiger partial charge is 0.123 e. The van der Waals surface area contributed by atoms with E-state index in [4.69, 9.17) is 11.6 Å². The molecule has 0 saturated carbocycles. The van der Waals surface area contributed by atoms with Gasteiger partial charge in [0.25, 0.3) is 0 Å². The number of aromatic nitrogens is 2. The van der Waals surface area contributed by atoms with Crippen LogP contribution in [-0.2, 0) is 0 Å². The second-order valence-corrected chi connectivity index (χ2v) is 5.34. The van der Waals surface area contributed by atoms with Crippen molar-refractivity contribution in [1.29, 1.82) is 0 Å². The summed E-state index contributed by atoms with van der Waals surface area (Å²) in [5.41, 5.74) is 0. The summed E-state index contributed by atoms with van der Waals surface area (Å²) in [7, 11) is 0. The molecule has 2 aromatic carbocycles. The van der Waals surface area contributed by atoms with Crippen LogP contribution in [0.3, 0.4) is 0 Å². The zero-order valence-corrected chi connectivity index (χ0v) is 11.3. The Hall–Kier alpha value is -1.78. The number of hydrogen-bond donors (Lipinski definition) is 1. The van der Waals surface area contributed by atoms with Crippen molar-refractivity contribution in [2.45, 2.75) is 9.92 Å². The zero-order valence-electron chi connectivity index (χ0n) is 9.75. The van der Waals surface area contributed by atoms with Crippen molar-refractivity contribution < 1.29 is 5.11 Å². The summed E-state index contributed by atoms with van der Waals surface area (Å²) in [6.45, 7) is 0. The monoisotopic (exact) mass is 288 g/mol. The van der Waals surface area contributed by atoms with Crippen LogP contribution in [0.5, 0.6) is 5.75 Å². The molecule has 3 nitrogen and oxygen atoms in total. The molecule has 0 saturated heterocycles. The Balaban J connectivity index is 2.12. The lowest BCUT2D eigenvalue weighted by Gasteiger charge is -2.07. The minimum Gasteiger partial charge on any atom is -0.507 e. The Morgan fingerprint density at radius 2 is 1.84 bits per heavy atom. The van der Waals surface area contributed by atoms with Crippen molar-refractivity contribution in [1.82, 2.24) is 9.97 Å². The van der Waals surface area contributed by atoms with Gasteiger partial charge in [0.2, 0.25) is 0 Å². The average Bonchev–Trinajstić information content (AvgIpc) is 2.44. The Bertz CT molecular complexity index is 748. The Morgan fingerprint density at radius 1 is 1.05 bits per heavy atom. The van der Waals surface area contributed by atoms with Crippen molar-refractivity contribution >= 4 is 34.1 Å². The van der Waals surface area contributed by atoms with E-state index in [1.165, 1.54) is 18.1 Å². The molecule has 5 heteroatoms. The van der Waals surface area contributed by atoms with Crippen LogP contribution in [0.2, 0.25) is 5.02 Å². The van der Waals surface area contributed by atoms with Gasteiger partial charge in [-0.3, -0.25) is 0 Å². The lowest BCUT2D eigenvalue weighted by Crippen LogP contribution is -1.84. The second-order valence-electron chi connectivity index (χ2n) is 3.91. The summed E-state index contributed by atoms with van der Waals surface area (Å²) < 4.78 is 0. The normalized spacial score (nSPS) is 10.8. The molecular formula is C14H9ClN2OS. The Morgan fingerprint density at radius 3 is 2.63 bits per heavy atom. The summed E-state index contributed by atoms with van der Waals surface area (Å²) in [4.78, 5) is 9.02. The van der Waals surface area contributed by atoms with Crippen LogP contribution < -0.4 is 0 Å². The van der Waals surface area contributed by atoms with E-state index in [9.17, 15) is 5.11 Å². The van der Waals surface area contributed by atoms with Crippen molar-refractivity contribution in [3.63, 3.8) is 0 Å². The van der Waals surface area contributed by atoms with Crippen molar-refractivity contribution in [2.24, 2.45) is 0 Å². The molecule has 0 radical (unpaired) electrons. The molecule has 1 N–H and O–H groups in total. The number of phenolic OH excluding ortho intramolecular Hbond substituents is 1. The average molecular weight is 289 g/mol. The number of nitrogens with zero attached hydrogens (tertiary/aromatic N) is 2. The molecule has 0 unspecified atom stereocenters. The van der Waals surface area contributed by atoms with Gasteiger partial charge in [0.15, 0.2) is 0 Å². The van der Waals surface area contributed by atoms with Gasteiger partial charge in [0.1, 0.15) is 17.1 Å². The highest BCUT2D eigenvalue weighted by molar-refractivity contribution is 7.99. The highest BCUT2D eigenvalue weighted by Crippen LogP contribution is 2.38. The predicted molar refractivity (Wildman–Crippen MR) is 76.8 cm³/mol. The molecule has 0 fully saturated rings. The van der Waals surface area contributed by atoms with Crippen LogP contribution >= 0.6 is 23.4 Å². The van der Waals surface area contributed by atoms with Crippen LogP contribution in [0, 0.1) is 0 Å². The molecule has 0 spiro atoms. The fraction of sp³-hybridized carbons (Fsp3) is 0. The molecular weight excluding hydrogens is 280 g/mol. The Labute approximate surface area is 119 Å². The number of rotatable bonds is 2. The van der Waals surface area contributed by atoms with E-state index in [2.05, 4.69) is 9.97 Å². The molecule has 3 rings (SSSR count). The maximum Gasteiger partial charge on any atom is 0.123 e. The van der Waals surface area contributed by atoms with Gasteiger partial charge in [-0.2, -0.15) is 0 Å². The van der Waals surface area contributed by atoms with E-state index in [1.54, 1.807) is 12.3 Å². The molecule has 3 aromatic rings. The zero-order chi connectivity index (χ0) is 13.2. The maximum absolute atomic E-state index is 9.86. The fourth-order valence-electron chi connectivity index (χ4n) is 1.83. The summed E-state index contributed by atoms with van der Waals surface area (Å²) in [6, 6.07) is 11.2. The van der Waals surface area contributed by atoms with Crippen LogP contribution in [0.25, 0.3) is 10.8 Å². The van der Waals surface area contributed by atoms with E-state index < -0.39 is 0 Å². The molecule has 1 aromatic heterocycles. The summed E-state index contributed by atoms with van der Waals surface area (Å²) >= 11 is 7.52. The van der Waals surface area contributed by atoms with Crippen molar-refractivity contribution in [2.75, 3.05) is 0 Å². The van der Waals surface area contributed by atoms with Crippen LogP contribution in [-0.4, -0.2) is 15.1 Å². The van der Waals surface area contributed by atoms with Crippen LogP contribution in [0.4, 0.5) is 0 Å². The largest absolute Gasteiger partial charge is 0.507 e. The van der Waals surface area contributed by atoms with Gasteiger partial charge in [0.05, 0.1) is 11.2 Å². The highest BCUT2D eigenvalue weighted by Gasteiger charge is 2.09. The molecule has 0 aliphatic carbocycles. The third-order valence-electron chi connectivity index (χ3n) is 2.70. The number of halogens is 1. The number of aromatic hydroxyl groups is 1. The van der Waals surface area contributed by atoms with Gasteiger partial charge in [-0.05, 0) is 17.5 Å². The standard InChI is InChI=1S/C14H9ClN2OS/c15-11-7-16-8-17-14(11)19-13-6-5-12(18)9-3-1-2-4-10(9)13/h1-8,18H. The molecule has 0 amide bonds. The van der Waals surface area contributed by atoms with Gasteiger partial charge in [-0.15, -0.1) is 0 Å². The topological polar surface area (TPSA) is 46.0 Å². The molecule has 94 valence electrons. The highest BCUT2D eigenvalue weighted by atomic mass is 35.5. The van der Waals surface area contributed by atoms with E-state index in [0.29, 0.717) is 10.0 Å². The van der Waals surface area contributed by atoms with E-state index >= 15 is 0 Å². The lowest BCUT2D eigenvalue weighted by atomic mass is 10.1. The third kappa shape index (κ3) is 2.37. The van der Waals surface area contributed by atoms with Gasteiger partial charge in [-0.25, -0.2) is 9.97 Å². The second kappa shape index (κ2) is 5.07. The van der Waals surface area contributed by atoms with Gasteiger partial charge >= 0.3 is 0 Å². The van der Waals surface area contributed by atoms with Crippen molar-refractivity contribution in [3.8, 4) is 5.75 Å². The first-order valence-corrected chi connectivity index (χ1v) is 6.79.